The van der Waals surface area contributed by atoms with Gasteiger partial charge in [-0.15, -0.1) is 0 Å². The van der Waals surface area contributed by atoms with Crippen molar-refractivity contribution in [2.75, 3.05) is 18.5 Å². The van der Waals surface area contributed by atoms with Crippen LogP contribution in [0.5, 0.6) is 11.5 Å². The lowest BCUT2D eigenvalue weighted by molar-refractivity contribution is -0.120. The predicted octanol–water partition coefficient (Wildman–Crippen LogP) is 2.75. The van der Waals surface area contributed by atoms with E-state index in [0.717, 1.165) is 30.7 Å². The Morgan fingerprint density at radius 1 is 1.16 bits per heavy atom. The molecule has 0 saturated carbocycles. The topological polar surface area (TPSA) is 47.6 Å². The molecule has 1 heterocycles. The summed E-state index contributed by atoms with van der Waals surface area (Å²) in [5.41, 5.74) is 0.767. The SMILES string of the molecule is O=C(Nc1ccc2c(c1)OCCO2)C1CC=CCC1. The van der Waals surface area contributed by atoms with E-state index >= 15 is 0 Å². The molecule has 3 rings (SSSR count). The molecular weight excluding hydrogens is 242 g/mol. The molecule has 1 unspecified atom stereocenters. The molecule has 19 heavy (non-hydrogen) atoms. The second kappa shape index (κ2) is 5.34. The zero-order chi connectivity index (χ0) is 13.1. The molecule has 4 nitrogen and oxygen atoms in total. The largest absolute Gasteiger partial charge is 0.486 e. The van der Waals surface area contributed by atoms with Crippen LogP contribution in [-0.4, -0.2) is 19.1 Å². The number of benzene rings is 1. The fourth-order valence-corrected chi connectivity index (χ4v) is 2.40. The van der Waals surface area contributed by atoms with Gasteiger partial charge in [0.15, 0.2) is 11.5 Å². The summed E-state index contributed by atoms with van der Waals surface area (Å²) in [6, 6.07) is 5.51. The number of rotatable bonds is 2. The molecular formula is C15H17NO3. The van der Waals surface area contributed by atoms with Crippen LogP contribution >= 0.6 is 0 Å². The lowest BCUT2D eigenvalue weighted by atomic mass is 9.93. The first-order chi connectivity index (χ1) is 9.33. The molecule has 2 aliphatic rings. The molecule has 0 aromatic heterocycles. The smallest absolute Gasteiger partial charge is 0.227 e. The maximum absolute atomic E-state index is 12.1. The van der Waals surface area contributed by atoms with Gasteiger partial charge in [0.25, 0.3) is 0 Å². The lowest BCUT2D eigenvalue weighted by Crippen LogP contribution is -2.23. The standard InChI is InChI=1S/C15H17NO3/c17-15(11-4-2-1-3-5-11)16-12-6-7-13-14(10-12)19-9-8-18-13/h1-2,6-7,10-11H,3-5,8-9H2,(H,16,17). The Labute approximate surface area is 112 Å². The minimum Gasteiger partial charge on any atom is -0.486 e. The first-order valence-electron chi connectivity index (χ1n) is 6.68. The third-order valence-electron chi connectivity index (χ3n) is 3.45. The van der Waals surface area contributed by atoms with Gasteiger partial charge in [-0.3, -0.25) is 4.79 Å². The van der Waals surface area contributed by atoms with Gasteiger partial charge in [0.2, 0.25) is 5.91 Å². The Hall–Kier alpha value is -1.97. The van der Waals surface area contributed by atoms with Gasteiger partial charge < -0.3 is 14.8 Å². The number of carbonyl (C=O) groups excluding carboxylic acids is 1. The fraction of sp³-hybridized carbons (Fsp3) is 0.400. The predicted molar refractivity (Wildman–Crippen MR) is 72.5 cm³/mol. The number of nitrogens with one attached hydrogen (secondary N) is 1. The van der Waals surface area contributed by atoms with Gasteiger partial charge in [-0.2, -0.15) is 0 Å². The Balaban J connectivity index is 1.69. The minimum atomic E-state index is 0.0817. The van der Waals surface area contributed by atoms with Gasteiger partial charge in [0.05, 0.1) is 0 Å². The van der Waals surface area contributed by atoms with Crippen LogP contribution in [0.4, 0.5) is 5.69 Å². The van der Waals surface area contributed by atoms with Crippen LogP contribution in [0.1, 0.15) is 19.3 Å². The number of carbonyl (C=O) groups is 1. The van der Waals surface area contributed by atoms with Gasteiger partial charge in [-0.25, -0.2) is 0 Å². The highest BCUT2D eigenvalue weighted by Crippen LogP contribution is 2.33. The van der Waals surface area contributed by atoms with Crippen molar-refractivity contribution < 1.29 is 14.3 Å². The number of anilines is 1. The number of fused-ring (bicyclic) bond motifs is 1. The van der Waals surface area contributed by atoms with Gasteiger partial charge in [0, 0.05) is 17.7 Å². The van der Waals surface area contributed by atoms with E-state index in [1.807, 2.05) is 18.2 Å². The molecule has 1 amide bonds. The highest BCUT2D eigenvalue weighted by molar-refractivity contribution is 5.93. The van der Waals surface area contributed by atoms with E-state index in [4.69, 9.17) is 9.47 Å². The maximum Gasteiger partial charge on any atom is 0.227 e. The Bertz CT molecular complexity index is 510. The van der Waals surface area contributed by atoms with Crippen molar-refractivity contribution in [2.24, 2.45) is 5.92 Å². The molecule has 1 N–H and O–H groups in total. The van der Waals surface area contributed by atoms with Crippen molar-refractivity contribution in [3.63, 3.8) is 0 Å². The van der Waals surface area contributed by atoms with Gasteiger partial charge in [-0.1, -0.05) is 12.2 Å². The average Bonchev–Trinajstić information content (AvgIpc) is 2.48. The molecule has 100 valence electrons. The van der Waals surface area contributed by atoms with Gasteiger partial charge in [0.1, 0.15) is 13.2 Å². The van der Waals surface area contributed by atoms with Crippen LogP contribution in [0, 0.1) is 5.92 Å². The average molecular weight is 259 g/mol. The summed E-state index contributed by atoms with van der Waals surface area (Å²) in [4.78, 5) is 12.1. The molecule has 0 spiro atoms. The molecule has 1 aromatic carbocycles. The van der Waals surface area contributed by atoms with Crippen molar-refractivity contribution in [2.45, 2.75) is 19.3 Å². The molecule has 0 radical (unpaired) electrons. The highest BCUT2D eigenvalue weighted by atomic mass is 16.6. The van der Waals surface area contributed by atoms with Crippen molar-refractivity contribution in [3.8, 4) is 11.5 Å². The number of allylic oxidation sites excluding steroid dienone is 2. The summed E-state index contributed by atoms with van der Waals surface area (Å²) in [5.74, 6) is 1.61. The fourth-order valence-electron chi connectivity index (χ4n) is 2.40. The van der Waals surface area contributed by atoms with E-state index in [1.54, 1.807) is 0 Å². The normalized spacial score (nSPS) is 20.9. The van der Waals surface area contributed by atoms with E-state index < -0.39 is 0 Å². The molecule has 1 aliphatic carbocycles. The second-order valence-electron chi connectivity index (χ2n) is 4.83. The molecule has 1 aliphatic heterocycles. The lowest BCUT2D eigenvalue weighted by Gasteiger charge is -2.20. The van der Waals surface area contributed by atoms with Gasteiger partial charge >= 0.3 is 0 Å². The number of hydrogen-bond donors (Lipinski definition) is 1. The van der Waals surface area contributed by atoms with E-state index in [0.29, 0.717) is 19.0 Å². The molecule has 1 atom stereocenters. The Morgan fingerprint density at radius 3 is 2.79 bits per heavy atom. The summed E-state index contributed by atoms with van der Waals surface area (Å²) in [7, 11) is 0. The molecule has 0 bridgehead atoms. The van der Waals surface area contributed by atoms with E-state index in [-0.39, 0.29) is 11.8 Å². The first kappa shape index (κ1) is 12.1. The van der Waals surface area contributed by atoms with Crippen LogP contribution in [0.3, 0.4) is 0 Å². The molecule has 1 aromatic rings. The van der Waals surface area contributed by atoms with E-state index in [9.17, 15) is 4.79 Å². The zero-order valence-electron chi connectivity index (χ0n) is 10.7. The third kappa shape index (κ3) is 2.72. The third-order valence-corrected chi connectivity index (χ3v) is 3.45. The monoisotopic (exact) mass is 259 g/mol. The van der Waals surface area contributed by atoms with Crippen molar-refractivity contribution in [1.29, 1.82) is 0 Å². The van der Waals surface area contributed by atoms with Gasteiger partial charge in [-0.05, 0) is 31.4 Å². The molecule has 0 saturated heterocycles. The summed E-state index contributed by atoms with van der Waals surface area (Å²) in [6.45, 7) is 1.13. The van der Waals surface area contributed by atoms with Crippen LogP contribution in [-0.2, 0) is 4.79 Å². The van der Waals surface area contributed by atoms with E-state index in [1.165, 1.54) is 0 Å². The minimum absolute atomic E-state index is 0.0817. The number of amides is 1. The molecule has 0 fully saturated rings. The van der Waals surface area contributed by atoms with Crippen molar-refractivity contribution in [1.82, 2.24) is 0 Å². The summed E-state index contributed by atoms with van der Waals surface area (Å²) in [5, 5.41) is 2.95. The van der Waals surface area contributed by atoms with Crippen LogP contribution in [0.25, 0.3) is 0 Å². The van der Waals surface area contributed by atoms with Crippen LogP contribution in [0.2, 0.25) is 0 Å². The second-order valence-corrected chi connectivity index (χ2v) is 4.83. The maximum atomic E-state index is 12.1. The number of hydrogen-bond acceptors (Lipinski definition) is 3. The molecule has 4 heteroatoms. The summed E-state index contributed by atoms with van der Waals surface area (Å²) in [6.07, 6.45) is 6.95. The zero-order valence-corrected chi connectivity index (χ0v) is 10.7. The first-order valence-corrected chi connectivity index (χ1v) is 6.68. The summed E-state index contributed by atoms with van der Waals surface area (Å²) < 4.78 is 11.0. The van der Waals surface area contributed by atoms with Crippen LogP contribution in [0.15, 0.2) is 30.4 Å². The van der Waals surface area contributed by atoms with Crippen molar-refractivity contribution >= 4 is 11.6 Å². The summed E-state index contributed by atoms with van der Waals surface area (Å²) >= 11 is 0. The number of ether oxygens (including phenoxy) is 2. The Kier molecular flexibility index (Phi) is 3.40. The Morgan fingerprint density at radius 2 is 2.00 bits per heavy atom. The van der Waals surface area contributed by atoms with E-state index in [2.05, 4.69) is 17.5 Å². The highest BCUT2D eigenvalue weighted by Gasteiger charge is 2.19. The van der Waals surface area contributed by atoms with Crippen LogP contribution < -0.4 is 14.8 Å². The van der Waals surface area contributed by atoms with Crippen molar-refractivity contribution in [3.05, 3.63) is 30.4 Å². The quantitative estimate of drug-likeness (QED) is 0.831.